The molecule has 0 aliphatic carbocycles. The Balaban J connectivity index is 1.86. The highest BCUT2D eigenvalue weighted by atomic mass is 32.2. The fraction of sp³-hybridized carbons (Fsp3) is 0.143. The first kappa shape index (κ1) is 17.4. The average Bonchev–Trinajstić information content (AvgIpc) is 2.81. The molecule has 0 bridgehead atoms. The summed E-state index contributed by atoms with van der Waals surface area (Å²) in [6, 6.07) is 16.1. The second kappa shape index (κ2) is 6.96. The van der Waals surface area contributed by atoms with E-state index in [1.165, 1.54) is 6.07 Å². The number of aromatic hydroxyl groups is 2. The Hall–Kier alpha value is -2.99. The number of fused-ring (bicyclic) bond motifs is 1. The molecule has 6 heteroatoms. The quantitative estimate of drug-likeness (QED) is 0.673. The van der Waals surface area contributed by atoms with Gasteiger partial charge in [0.2, 0.25) is 0 Å². The van der Waals surface area contributed by atoms with Crippen LogP contribution >= 0.6 is 11.8 Å². The summed E-state index contributed by atoms with van der Waals surface area (Å²) in [5.41, 5.74) is 1.73. The molecule has 0 fully saturated rings. The molecule has 5 nitrogen and oxygen atoms in total. The van der Waals surface area contributed by atoms with Crippen molar-refractivity contribution in [1.82, 2.24) is 0 Å². The summed E-state index contributed by atoms with van der Waals surface area (Å²) in [7, 11) is 0. The SMILES string of the molecule is Cc1cc(O)c(C2=Nc3ccccc3SC(c3ccc(O)cc3)C2)c(=O)o1. The van der Waals surface area contributed by atoms with Crippen molar-refractivity contribution in [2.45, 2.75) is 23.5 Å². The van der Waals surface area contributed by atoms with E-state index in [0.717, 1.165) is 16.1 Å². The Kier molecular flexibility index (Phi) is 4.49. The number of phenolic OH excluding ortho intramolecular Hbond substituents is 1. The molecule has 0 saturated carbocycles. The number of phenols is 1. The zero-order valence-electron chi connectivity index (χ0n) is 14.5. The van der Waals surface area contributed by atoms with E-state index >= 15 is 0 Å². The van der Waals surface area contributed by atoms with Gasteiger partial charge in [0.1, 0.15) is 22.8 Å². The van der Waals surface area contributed by atoms with Crippen molar-refractivity contribution in [3.05, 3.63) is 81.9 Å². The lowest BCUT2D eigenvalue weighted by molar-refractivity contribution is 0.432. The maximum atomic E-state index is 12.4. The number of hydrogen-bond acceptors (Lipinski definition) is 6. The molecule has 3 aromatic rings. The lowest BCUT2D eigenvalue weighted by atomic mass is 10.0. The van der Waals surface area contributed by atoms with Crippen molar-refractivity contribution in [2.75, 3.05) is 0 Å². The summed E-state index contributed by atoms with van der Waals surface area (Å²) in [5, 5.41) is 19.9. The molecular weight excluding hydrogens is 362 g/mol. The molecule has 0 saturated heterocycles. The van der Waals surface area contributed by atoms with Gasteiger partial charge in [-0.2, -0.15) is 0 Å². The van der Waals surface area contributed by atoms with Gasteiger partial charge in [-0.3, -0.25) is 4.99 Å². The number of hydrogen-bond donors (Lipinski definition) is 2. The third kappa shape index (κ3) is 3.48. The van der Waals surface area contributed by atoms with Crippen LogP contribution in [-0.2, 0) is 0 Å². The second-order valence-corrected chi connectivity index (χ2v) is 7.58. The number of thioether (sulfide) groups is 1. The topological polar surface area (TPSA) is 83.0 Å². The monoisotopic (exact) mass is 379 g/mol. The average molecular weight is 379 g/mol. The number of aryl methyl sites for hydroxylation is 1. The number of benzene rings is 2. The summed E-state index contributed by atoms with van der Waals surface area (Å²) in [5.74, 6) is 0.417. The van der Waals surface area contributed by atoms with Crippen LogP contribution in [0.2, 0.25) is 0 Å². The summed E-state index contributed by atoms with van der Waals surface area (Å²) in [6.45, 7) is 1.62. The van der Waals surface area contributed by atoms with Gasteiger partial charge in [0.05, 0.1) is 11.4 Å². The molecule has 2 N–H and O–H groups in total. The van der Waals surface area contributed by atoms with Crippen molar-refractivity contribution < 1.29 is 14.6 Å². The molecular formula is C21H17NO4S. The first-order valence-corrected chi connectivity index (χ1v) is 9.35. The fourth-order valence-corrected chi connectivity index (χ4v) is 4.34. The molecule has 1 aliphatic rings. The van der Waals surface area contributed by atoms with Crippen LogP contribution in [0, 0.1) is 6.92 Å². The maximum Gasteiger partial charge on any atom is 0.348 e. The van der Waals surface area contributed by atoms with Crippen molar-refractivity contribution >= 4 is 23.2 Å². The number of para-hydroxylation sites is 1. The van der Waals surface area contributed by atoms with Crippen LogP contribution in [0.4, 0.5) is 5.69 Å². The van der Waals surface area contributed by atoms with E-state index < -0.39 is 5.63 Å². The molecule has 1 unspecified atom stereocenters. The Bertz CT molecular complexity index is 1090. The molecule has 2 heterocycles. The Morgan fingerprint density at radius 3 is 2.59 bits per heavy atom. The van der Waals surface area contributed by atoms with E-state index in [1.54, 1.807) is 30.8 Å². The third-order valence-corrected chi connectivity index (χ3v) is 5.70. The van der Waals surface area contributed by atoms with Crippen molar-refractivity contribution in [3.8, 4) is 11.5 Å². The molecule has 136 valence electrons. The normalized spacial score (nSPS) is 16.3. The largest absolute Gasteiger partial charge is 0.508 e. The highest BCUT2D eigenvalue weighted by molar-refractivity contribution is 7.99. The minimum absolute atomic E-state index is 0.0342. The van der Waals surface area contributed by atoms with E-state index in [1.807, 2.05) is 36.4 Å². The molecule has 1 atom stereocenters. The lowest BCUT2D eigenvalue weighted by Gasteiger charge is -2.16. The van der Waals surface area contributed by atoms with Gasteiger partial charge in [-0.1, -0.05) is 24.3 Å². The smallest absolute Gasteiger partial charge is 0.348 e. The van der Waals surface area contributed by atoms with E-state index in [9.17, 15) is 15.0 Å². The summed E-state index contributed by atoms with van der Waals surface area (Å²) in [4.78, 5) is 18.1. The zero-order valence-corrected chi connectivity index (χ0v) is 15.4. The number of aliphatic imine (C=N–C) groups is 1. The minimum Gasteiger partial charge on any atom is -0.508 e. The van der Waals surface area contributed by atoms with E-state index in [0.29, 0.717) is 17.9 Å². The van der Waals surface area contributed by atoms with Crippen LogP contribution in [-0.4, -0.2) is 15.9 Å². The zero-order chi connectivity index (χ0) is 19.0. The van der Waals surface area contributed by atoms with Gasteiger partial charge in [-0.05, 0) is 36.8 Å². The van der Waals surface area contributed by atoms with Gasteiger partial charge in [0, 0.05) is 22.6 Å². The molecule has 0 spiro atoms. The number of rotatable bonds is 2. The first-order valence-electron chi connectivity index (χ1n) is 8.47. The predicted octanol–water partition coefficient (Wildman–Crippen LogP) is 4.72. The standard InChI is InChI=1S/C21H17NO4S/c1-12-10-17(24)20(21(25)26-12)16-11-19(13-6-8-14(23)9-7-13)27-18-5-3-2-4-15(18)22-16/h2-10,19,23-24H,11H2,1H3. The van der Waals surface area contributed by atoms with Crippen LogP contribution in [0.3, 0.4) is 0 Å². The fourth-order valence-electron chi connectivity index (χ4n) is 3.11. The number of nitrogens with zero attached hydrogens (tertiary/aromatic N) is 1. The summed E-state index contributed by atoms with van der Waals surface area (Å²) < 4.78 is 5.19. The van der Waals surface area contributed by atoms with E-state index in [4.69, 9.17) is 4.42 Å². The van der Waals surface area contributed by atoms with Crippen LogP contribution in [0.25, 0.3) is 0 Å². The van der Waals surface area contributed by atoms with E-state index in [2.05, 4.69) is 4.99 Å². The van der Waals surface area contributed by atoms with Gasteiger partial charge in [-0.25, -0.2) is 4.79 Å². The van der Waals surface area contributed by atoms with Crippen molar-refractivity contribution in [1.29, 1.82) is 0 Å². The van der Waals surface area contributed by atoms with Crippen LogP contribution in [0.5, 0.6) is 11.5 Å². The van der Waals surface area contributed by atoms with Gasteiger partial charge < -0.3 is 14.6 Å². The van der Waals surface area contributed by atoms with Crippen LogP contribution in [0.1, 0.15) is 28.6 Å². The molecule has 0 radical (unpaired) electrons. The Morgan fingerprint density at radius 2 is 1.85 bits per heavy atom. The third-order valence-electron chi connectivity index (χ3n) is 4.38. The molecule has 2 aromatic carbocycles. The van der Waals surface area contributed by atoms with Crippen molar-refractivity contribution in [2.24, 2.45) is 4.99 Å². The van der Waals surface area contributed by atoms with Crippen LogP contribution in [0.15, 0.2) is 73.7 Å². The second-order valence-electron chi connectivity index (χ2n) is 6.33. The molecule has 1 aliphatic heterocycles. The maximum absolute atomic E-state index is 12.4. The van der Waals surface area contributed by atoms with Gasteiger partial charge in [0.25, 0.3) is 0 Å². The predicted molar refractivity (Wildman–Crippen MR) is 105 cm³/mol. The van der Waals surface area contributed by atoms with E-state index in [-0.39, 0.29) is 22.3 Å². The highest BCUT2D eigenvalue weighted by Crippen LogP contribution is 2.45. The molecule has 27 heavy (non-hydrogen) atoms. The lowest BCUT2D eigenvalue weighted by Crippen LogP contribution is -2.16. The highest BCUT2D eigenvalue weighted by Gasteiger charge is 2.26. The summed E-state index contributed by atoms with van der Waals surface area (Å²) in [6.07, 6.45) is 0.436. The molecule has 0 amide bonds. The molecule has 1 aromatic heterocycles. The van der Waals surface area contributed by atoms with Gasteiger partial charge >= 0.3 is 5.63 Å². The summed E-state index contributed by atoms with van der Waals surface area (Å²) >= 11 is 1.64. The van der Waals surface area contributed by atoms with Gasteiger partial charge in [-0.15, -0.1) is 11.8 Å². The Labute approximate surface area is 160 Å². The van der Waals surface area contributed by atoms with Gasteiger partial charge in [0.15, 0.2) is 0 Å². The van der Waals surface area contributed by atoms with Crippen LogP contribution < -0.4 is 5.63 Å². The molecule has 4 rings (SSSR count). The van der Waals surface area contributed by atoms with Crippen molar-refractivity contribution in [3.63, 3.8) is 0 Å². The Morgan fingerprint density at radius 1 is 1.11 bits per heavy atom. The first-order chi connectivity index (χ1) is 13.0. The minimum atomic E-state index is -0.597.